The lowest BCUT2D eigenvalue weighted by atomic mass is 10.4. The molecule has 0 aromatic carbocycles. The van der Waals surface area contributed by atoms with Gasteiger partial charge in [-0.25, -0.2) is 8.78 Å². The van der Waals surface area contributed by atoms with E-state index < -0.39 is 6.43 Å². The van der Waals surface area contributed by atoms with Crippen LogP contribution >= 0.6 is 11.6 Å². The van der Waals surface area contributed by atoms with E-state index in [1.807, 2.05) is 4.90 Å². The summed E-state index contributed by atoms with van der Waals surface area (Å²) in [6.07, 6.45) is -1.25. The summed E-state index contributed by atoms with van der Waals surface area (Å²) in [4.78, 5) is 4.07. The van der Waals surface area contributed by atoms with Gasteiger partial charge in [0.2, 0.25) is 0 Å². The lowest BCUT2D eigenvalue weighted by Crippen LogP contribution is -2.34. The maximum absolute atomic E-state index is 12.1. The first kappa shape index (κ1) is 12.1. The van der Waals surface area contributed by atoms with Gasteiger partial charge < -0.3 is 4.90 Å². The van der Waals surface area contributed by atoms with E-state index in [1.54, 1.807) is 0 Å². The lowest BCUT2D eigenvalue weighted by Gasteiger charge is -2.20. The Kier molecular flexibility index (Phi) is 5.67. The molecule has 0 spiro atoms. The molecule has 0 saturated carbocycles. The second-order valence-corrected chi connectivity index (χ2v) is 3.95. The molecular formula is C9H17ClF2N2. The molecule has 0 amide bonds. The lowest BCUT2D eigenvalue weighted by molar-refractivity contribution is 0.0900. The minimum absolute atomic E-state index is 0.0886. The summed E-state index contributed by atoms with van der Waals surface area (Å²) in [5, 5.41) is 0. The maximum Gasteiger partial charge on any atom is 0.251 e. The van der Waals surface area contributed by atoms with Crippen LogP contribution in [0.15, 0.2) is 0 Å². The molecule has 0 N–H and O–H groups in total. The molecule has 0 aliphatic carbocycles. The molecule has 1 aliphatic rings. The van der Waals surface area contributed by atoms with Gasteiger partial charge in [-0.05, 0) is 19.5 Å². The fourth-order valence-corrected chi connectivity index (χ4v) is 1.98. The molecule has 0 bridgehead atoms. The van der Waals surface area contributed by atoms with E-state index in [0.717, 1.165) is 39.1 Å². The van der Waals surface area contributed by atoms with E-state index in [4.69, 9.17) is 11.6 Å². The molecule has 0 radical (unpaired) electrons. The number of rotatable bonds is 4. The molecule has 2 nitrogen and oxygen atoms in total. The van der Waals surface area contributed by atoms with Crippen LogP contribution in [-0.4, -0.2) is 61.4 Å². The highest BCUT2D eigenvalue weighted by molar-refractivity contribution is 6.18. The zero-order chi connectivity index (χ0) is 10.4. The number of nitrogens with zero attached hydrogens (tertiary/aromatic N) is 2. The Balaban J connectivity index is 2.25. The molecule has 5 heteroatoms. The van der Waals surface area contributed by atoms with Gasteiger partial charge in [0.1, 0.15) is 0 Å². The monoisotopic (exact) mass is 226 g/mol. The Hall–Kier alpha value is 0.0700. The Bertz CT molecular complexity index is 158. The van der Waals surface area contributed by atoms with E-state index in [1.165, 1.54) is 0 Å². The van der Waals surface area contributed by atoms with E-state index in [0.29, 0.717) is 5.88 Å². The highest BCUT2D eigenvalue weighted by Crippen LogP contribution is 2.05. The Morgan fingerprint density at radius 1 is 1.07 bits per heavy atom. The van der Waals surface area contributed by atoms with Crippen molar-refractivity contribution in [2.24, 2.45) is 0 Å². The van der Waals surface area contributed by atoms with Crippen molar-refractivity contribution in [3.63, 3.8) is 0 Å². The summed E-state index contributed by atoms with van der Waals surface area (Å²) in [6, 6.07) is 0. The number of hydrogen-bond donors (Lipinski definition) is 0. The molecule has 0 unspecified atom stereocenters. The van der Waals surface area contributed by atoms with Gasteiger partial charge in [0.05, 0.1) is 6.54 Å². The Morgan fingerprint density at radius 3 is 2.36 bits per heavy atom. The van der Waals surface area contributed by atoms with Crippen molar-refractivity contribution in [2.75, 3.05) is 45.1 Å². The van der Waals surface area contributed by atoms with Gasteiger partial charge in [-0.1, -0.05) is 0 Å². The molecule has 1 aliphatic heterocycles. The molecule has 1 heterocycles. The largest absolute Gasteiger partial charge is 0.301 e. The van der Waals surface area contributed by atoms with E-state index in [2.05, 4.69) is 4.90 Å². The van der Waals surface area contributed by atoms with E-state index in [9.17, 15) is 8.78 Å². The van der Waals surface area contributed by atoms with Crippen molar-refractivity contribution in [3.8, 4) is 0 Å². The van der Waals surface area contributed by atoms with Crippen LogP contribution in [0, 0.1) is 0 Å². The highest BCUT2D eigenvalue weighted by atomic mass is 35.5. The Morgan fingerprint density at radius 2 is 1.71 bits per heavy atom. The highest BCUT2D eigenvalue weighted by Gasteiger charge is 2.16. The van der Waals surface area contributed by atoms with Crippen molar-refractivity contribution < 1.29 is 8.78 Å². The number of hydrogen-bond acceptors (Lipinski definition) is 2. The second kappa shape index (κ2) is 6.53. The molecule has 84 valence electrons. The molecule has 14 heavy (non-hydrogen) atoms. The first-order valence-corrected chi connectivity index (χ1v) is 5.54. The standard InChI is InChI=1S/C9H17ClF2N2/c10-2-5-13-3-1-4-14(7-6-13)8-9(11)12/h9H,1-8H2. The maximum atomic E-state index is 12.1. The fourth-order valence-electron chi connectivity index (χ4n) is 1.75. The van der Waals surface area contributed by atoms with Crippen LogP contribution in [0.4, 0.5) is 8.78 Å². The van der Waals surface area contributed by atoms with Gasteiger partial charge in [-0.15, -0.1) is 11.6 Å². The van der Waals surface area contributed by atoms with Gasteiger partial charge in [-0.2, -0.15) is 0 Å². The van der Waals surface area contributed by atoms with E-state index >= 15 is 0 Å². The van der Waals surface area contributed by atoms with Crippen LogP contribution in [0.25, 0.3) is 0 Å². The van der Waals surface area contributed by atoms with Crippen LogP contribution in [0.3, 0.4) is 0 Å². The van der Waals surface area contributed by atoms with Crippen molar-refractivity contribution in [3.05, 3.63) is 0 Å². The predicted molar refractivity (Wildman–Crippen MR) is 54.2 cm³/mol. The van der Waals surface area contributed by atoms with Gasteiger partial charge in [-0.3, -0.25) is 4.90 Å². The van der Waals surface area contributed by atoms with E-state index in [-0.39, 0.29) is 6.54 Å². The zero-order valence-electron chi connectivity index (χ0n) is 8.26. The van der Waals surface area contributed by atoms with Crippen molar-refractivity contribution in [1.82, 2.24) is 9.80 Å². The van der Waals surface area contributed by atoms with Crippen LogP contribution < -0.4 is 0 Å². The van der Waals surface area contributed by atoms with Crippen molar-refractivity contribution in [2.45, 2.75) is 12.8 Å². The molecule has 0 aromatic heterocycles. The predicted octanol–water partition coefficient (Wildman–Crippen LogP) is 1.50. The molecular weight excluding hydrogens is 210 g/mol. The third-order valence-electron chi connectivity index (χ3n) is 2.48. The summed E-state index contributed by atoms with van der Waals surface area (Å²) >= 11 is 5.63. The summed E-state index contributed by atoms with van der Waals surface area (Å²) in [7, 11) is 0. The quantitative estimate of drug-likeness (QED) is 0.671. The molecule has 1 saturated heterocycles. The second-order valence-electron chi connectivity index (χ2n) is 3.58. The van der Waals surface area contributed by atoms with Gasteiger partial charge in [0.15, 0.2) is 0 Å². The third kappa shape index (κ3) is 4.53. The molecule has 0 atom stereocenters. The van der Waals surface area contributed by atoms with Crippen LogP contribution in [-0.2, 0) is 0 Å². The minimum atomic E-state index is -2.21. The van der Waals surface area contributed by atoms with Crippen LogP contribution in [0.5, 0.6) is 0 Å². The van der Waals surface area contributed by atoms with Gasteiger partial charge >= 0.3 is 0 Å². The fraction of sp³-hybridized carbons (Fsp3) is 1.00. The van der Waals surface area contributed by atoms with Gasteiger partial charge in [0.25, 0.3) is 6.43 Å². The molecule has 1 rings (SSSR count). The first-order chi connectivity index (χ1) is 6.72. The average molecular weight is 227 g/mol. The SMILES string of the molecule is FC(F)CN1CCCN(CCCl)CC1. The minimum Gasteiger partial charge on any atom is -0.301 e. The van der Waals surface area contributed by atoms with Crippen LogP contribution in [0.2, 0.25) is 0 Å². The summed E-state index contributed by atoms with van der Waals surface area (Å²) in [6.45, 7) is 4.13. The summed E-state index contributed by atoms with van der Waals surface area (Å²) in [5.41, 5.74) is 0. The molecule has 0 aromatic rings. The average Bonchev–Trinajstić information content (AvgIpc) is 2.31. The zero-order valence-corrected chi connectivity index (χ0v) is 9.02. The summed E-state index contributed by atoms with van der Waals surface area (Å²) in [5.74, 6) is 0.620. The molecule has 1 fully saturated rings. The number of alkyl halides is 3. The van der Waals surface area contributed by atoms with Crippen molar-refractivity contribution >= 4 is 11.6 Å². The summed E-state index contributed by atoms with van der Waals surface area (Å²) < 4.78 is 24.2. The Labute approximate surface area is 88.8 Å². The van der Waals surface area contributed by atoms with Crippen LogP contribution in [0.1, 0.15) is 6.42 Å². The normalized spacial score (nSPS) is 21.4. The van der Waals surface area contributed by atoms with Gasteiger partial charge in [0, 0.05) is 25.5 Å². The topological polar surface area (TPSA) is 6.48 Å². The number of halogens is 3. The smallest absolute Gasteiger partial charge is 0.251 e. The third-order valence-corrected chi connectivity index (χ3v) is 2.65. The first-order valence-electron chi connectivity index (χ1n) is 5.01. The van der Waals surface area contributed by atoms with Crippen molar-refractivity contribution in [1.29, 1.82) is 0 Å².